The minimum absolute atomic E-state index is 0.100. The van der Waals surface area contributed by atoms with Crippen LogP contribution in [0, 0.1) is 0 Å². The number of pyridine rings is 1. The first-order valence-electron chi connectivity index (χ1n) is 5.22. The average Bonchev–Trinajstić information content (AvgIpc) is 2.24. The van der Waals surface area contributed by atoms with Gasteiger partial charge in [-0.1, -0.05) is 15.9 Å². The number of halogens is 4. The monoisotopic (exact) mass is 310 g/mol. The van der Waals surface area contributed by atoms with Gasteiger partial charge in [-0.15, -0.1) is 0 Å². The van der Waals surface area contributed by atoms with Crippen molar-refractivity contribution in [2.45, 2.75) is 26.1 Å². The van der Waals surface area contributed by atoms with Crippen molar-refractivity contribution in [2.24, 2.45) is 0 Å². The molecule has 0 amide bonds. The Balaban J connectivity index is 3.04. The fourth-order valence-electron chi connectivity index (χ4n) is 1.48. The Morgan fingerprint density at radius 1 is 1.41 bits per heavy atom. The highest BCUT2D eigenvalue weighted by Gasteiger charge is 2.31. The van der Waals surface area contributed by atoms with Gasteiger partial charge in [0.2, 0.25) is 0 Å². The zero-order valence-electron chi connectivity index (χ0n) is 9.63. The highest BCUT2D eigenvalue weighted by molar-refractivity contribution is 9.09. The Hall–Kier alpha value is -0.780. The van der Waals surface area contributed by atoms with Crippen LogP contribution >= 0.6 is 15.9 Å². The Morgan fingerprint density at radius 2 is 2.06 bits per heavy atom. The van der Waals surface area contributed by atoms with Crippen molar-refractivity contribution in [2.75, 3.05) is 16.8 Å². The van der Waals surface area contributed by atoms with Crippen molar-refractivity contribution in [3.8, 4) is 0 Å². The molecule has 0 spiro atoms. The first-order valence-corrected chi connectivity index (χ1v) is 6.34. The molecule has 6 heteroatoms. The molecule has 1 heterocycles. The molecule has 0 N–H and O–H groups in total. The van der Waals surface area contributed by atoms with Gasteiger partial charge in [-0.25, -0.2) is 4.98 Å². The van der Waals surface area contributed by atoms with E-state index in [2.05, 4.69) is 20.9 Å². The highest BCUT2D eigenvalue weighted by atomic mass is 79.9. The van der Waals surface area contributed by atoms with Crippen molar-refractivity contribution < 1.29 is 13.2 Å². The summed E-state index contributed by atoms with van der Waals surface area (Å²) in [4.78, 5) is 5.82. The second-order valence-electron chi connectivity index (χ2n) is 3.88. The number of alkyl halides is 4. The summed E-state index contributed by atoms with van der Waals surface area (Å²) in [7, 11) is 0. The van der Waals surface area contributed by atoms with E-state index < -0.39 is 11.7 Å². The topological polar surface area (TPSA) is 16.1 Å². The smallest absolute Gasteiger partial charge is 0.353 e. The van der Waals surface area contributed by atoms with E-state index in [-0.39, 0.29) is 6.04 Å². The maximum Gasteiger partial charge on any atom is 0.416 e. The van der Waals surface area contributed by atoms with Gasteiger partial charge in [-0.2, -0.15) is 13.2 Å². The van der Waals surface area contributed by atoms with Crippen LogP contribution in [0.3, 0.4) is 0 Å². The van der Waals surface area contributed by atoms with Gasteiger partial charge in [0.05, 0.1) is 5.56 Å². The van der Waals surface area contributed by atoms with Crippen molar-refractivity contribution in [3.63, 3.8) is 0 Å². The van der Waals surface area contributed by atoms with Crippen LogP contribution in [0.1, 0.15) is 19.4 Å². The normalized spacial score (nSPS) is 11.9. The Bertz CT molecular complexity index is 366. The summed E-state index contributed by atoms with van der Waals surface area (Å²) in [5, 5.41) is 0.684. The summed E-state index contributed by atoms with van der Waals surface area (Å²) in [6.07, 6.45) is -3.13. The van der Waals surface area contributed by atoms with Gasteiger partial charge in [-0.3, -0.25) is 0 Å². The molecule has 0 aromatic carbocycles. The van der Waals surface area contributed by atoms with Crippen LogP contribution in [-0.2, 0) is 6.18 Å². The molecule has 0 fully saturated rings. The van der Waals surface area contributed by atoms with E-state index in [9.17, 15) is 13.2 Å². The maximum atomic E-state index is 12.6. The lowest BCUT2D eigenvalue weighted by molar-refractivity contribution is -0.137. The lowest BCUT2D eigenvalue weighted by atomic mass is 10.2. The molecule has 0 saturated heterocycles. The number of rotatable bonds is 4. The zero-order chi connectivity index (χ0) is 13.1. The van der Waals surface area contributed by atoms with Gasteiger partial charge >= 0.3 is 6.18 Å². The van der Waals surface area contributed by atoms with Crippen LogP contribution < -0.4 is 4.90 Å². The van der Waals surface area contributed by atoms with Gasteiger partial charge in [0, 0.05) is 24.1 Å². The van der Waals surface area contributed by atoms with Crippen LogP contribution in [0.15, 0.2) is 18.3 Å². The van der Waals surface area contributed by atoms with Gasteiger partial charge in [0.15, 0.2) is 0 Å². The highest BCUT2D eigenvalue weighted by Crippen LogP contribution is 2.31. The van der Waals surface area contributed by atoms with Crippen molar-refractivity contribution in [1.29, 1.82) is 0 Å². The van der Waals surface area contributed by atoms with Crippen LogP contribution in [0.25, 0.3) is 0 Å². The number of nitrogens with zero attached hydrogens (tertiary/aromatic N) is 2. The zero-order valence-corrected chi connectivity index (χ0v) is 11.2. The molecule has 2 nitrogen and oxygen atoms in total. The fourth-order valence-corrected chi connectivity index (χ4v) is 1.86. The molecule has 0 bridgehead atoms. The Labute approximate surface area is 107 Å². The average molecular weight is 311 g/mol. The quantitative estimate of drug-likeness (QED) is 0.788. The number of aromatic nitrogens is 1. The van der Waals surface area contributed by atoms with E-state index in [0.717, 1.165) is 12.1 Å². The summed E-state index contributed by atoms with van der Waals surface area (Å²) >= 11 is 3.28. The molecule has 1 rings (SSSR count). The minimum Gasteiger partial charge on any atom is -0.353 e. The molecule has 0 unspecified atom stereocenters. The molecule has 0 aliphatic carbocycles. The molecule has 0 saturated carbocycles. The van der Waals surface area contributed by atoms with Crippen LogP contribution in [0.4, 0.5) is 19.0 Å². The third-order valence-corrected chi connectivity index (χ3v) is 2.67. The third kappa shape index (κ3) is 3.87. The molecular weight excluding hydrogens is 297 g/mol. The summed E-state index contributed by atoms with van der Waals surface area (Å²) in [6.45, 7) is 4.46. The van der Waals surface area contributed by atoms with Crippen molar-refractivity contribution >= 4 is 21.7 Å². The lowest BCUT2D eigenvalue weighted by Gasteiger charge is -2.27. The minimum atomic E-state index is -4.32. The van der Waals surface area contributed by atoms with Crippen molar-refractivity contribution in [1.82, 2.24) is 4.98 Å². The summed E-state index contributed by atoms with van der Waals surface area (Å²) in [5.74, 6) is 0.356. The van der Waals surface area contributed by atoms with E-state index in [0.29, 0.717) is 17.7 Å². The largest absolute Gasteiger partial charge is 0.416 e. The standard InChI is InChI=1S/C11H14BrF3N2/c1-8(2)17(6-4-12)10-7-9(3-5-16-10)11(13,14)15/h3,5,7-8H,4,6H2,1-2H3. The summed E-state index contributed by atoms with van der Waals surface area (Å²) in [6, 6.07) is 2.17. The van der Waals surface area contributed by atoms with Gasteiger partial charge in [0.25, 0.3) is 0 Å². The fraction of sp³-hybridized carbons (Fsp3) is 0.545. The molecule has 0 radical (unpaired) electrons. The number of hydrogen-bond acceptors (Lipinski definition) is 2. The number of hydrogen-bond donors (Lipinski definition) is 0. The van der Waals surface area contributed by atoms with E-state index in [4.69, 9.17) is 0 Å². The first-order chi connectivity index (χ1) is 7.86. The van der Waals surface area contributed by atoms with E-state index in [1.165, 1.54) is 6.20 Å². The Morgan fingerprint density at radius 3 is 2.53 bits per heavy atom. The molecule has 0 aliphatic rings. The molecule has 0 atom stereocenters. The van der Waals surface area contributed by atoms with E-state index in [1.54, 1.807) is 0 Å². The van der Waals surface area contributed by atoms with Gasteiger partial charge < -0.3 is 4.90 Å². The van der Waals surface area contributed by atoms with Gasteiger partial charge in [0.1, 0.15) is 5.82 Å². The van der Waals surface area contributed by atoms with Crippen LogP contribution in [-0.4, -0.2) is 22.9 Å². The molecule has 1 aromatic rings. The summed E-state index contributed by atoms with van der Waals surface area (Å²) in [5.41, 5.74) is -0.664. The SMILES string of the molecule is CC(C)N(CCBr)c1cc(C(F)(F)F)ccn1. The van der Waals surface area contributed by atoms with E-state index in [1.807, 2.05) is 18.7 Å². The molecular formula is C11H14BrF3N2. The maximum absolute atomic E-state index is 12.6. The van der Waals surface area contributed by atoms with E-state index >= 15 is 0 Å². The number of anilines is 1. The molecule has 0 aliphatic heterocycles. The second kappa shape index (κ2) is 5.71. The van der Waals surface area contributed by atoms with Crippen LogP contribution in [0.5, 0.6) is 0 Å². The van der Waals surface area contributed by atoms with Crippen LogP contribution in [0.2, 0.25) is 0 Å². The lowest BCUT2D eigenvalue weighted by Crippen LogP contribution is -2.33. The Kier molecular flexibility index (Phi) is 4.80. The third-order valence-electron chi connectivity index (χ3n) is 2.32. The summed E-state index contributed by atoms with van der Waals surface area (Å²) < 4.78 is 37.7. The molecule has 17 heavy (non-hydrogen) atoms. The predicted molar refractivity (Wildman–Crippen MR) is 65.5 cm³/mol. The van der Waals surface area contributed by atoms with Crippen molar-refractivity contribution in [3.05, 3.63) is 23.9 Å². The first kappa shape index (κ1) is 14.3. The second-order valence-corrected chi connectivity index (χ2v) is 4.67. The predicted octanol–water partition coefficient (Wildman–Crippen LogP) is 3.71. The molecule has 96 valence electrons. The van der Waals surface area contributed by atoms with Gasteiger partial charge in [-0.05, 0) is 26.0 Å². The molecule has 1 aromatic heterocycles.